The van der Waals surface area contributed by atoms with Crippen molar-refractivity contribution >= 4 is 21.6 Å². The van der Waals surface area contributed by atoms with Gasteiger partial charge in [0, 0.05) is 18.1 Å². The van der Waals surface area contributed by atoms with Crippen LogP contribution >= 0.6 is 11.6 Å². The van der Waals surface area contributed by atoms with Crippen LogP contribution < -0.4 is 0 Å². The van der Waals surface area contributed by atoms with Gasteiger partial charge in [0.25, 0.3) is 0 Å². The second kappa shape index (κ2) is 6.25. The first-order valence-corrected chi connectivity index (χ1v) is 8.57. The fourth-order valence-corrected chi connectivity index (χ4v) is 4.13. The summed E-state index contributed by atoms with van der Waals surface area (Å²) in [5.41, 5.74) is 0. The number of hydrogen-bond donors (Lipinski definition) is 0. The van der Waals surface area contributed by atoms with Crippen LogP contribution in [0.1, 0.15) is 38.5 Å². The fraction of sp³-hybridized carbons (Fsp3) is 0.571. The van der Waals surface area contributed by atoms with E-state index in [1.54, 1.807) is 35.6 Å². The molecule has 1 aromatic carbocycles. The maximum Gasteiger partial charge on any atom is 0.243 e. The topological polar surface area (TPSA) is 37.4 Å². The second-order valence-electron chi connectivity index (χ2n) is 5.12. The van der Waals surface area contributed by atoms with Crippen LogP contribution in [0.2, 0.25) is 5.02 Å². The Morgan fingerprint density at radius 2 is 1.58 bits per heavy atom. The highest BCUT2D eigenvalue weighted by molar-refractivity contribution is 7.89. The zero-order valence-electron chi connectivity index (χ0n) is 11.2. The van der Waals surface area contributed by atoms with Crippen molar-refractivity contribution in [2.45, 2.75) is 49.5 Å². The van der Waals surface area contributed by atoms with Crippen LogP contribution in [-0.2, 0) is 10.0 Å². The largest absolute Gasteiger partial charge is 0.243 e. The lowest BCUT2D eigenvalue weighted by Gasteiger charge is -2.26. The molecule has 1 aromatic rings. The lowest BCUT2D eigenvalue weighted by atomic mass is 10.1. The quantitative estimate of drug-likeness (QED) is 0.799. The minimum Gasteiger partial charge on any atom is -0.207 e. The number of benzene rings is 1. The smallest absolute Gasteiger partial charge is 0.207 e. The lowest BCUT2D eigenvalue weighted by Crippen LogP contribution is -2.36. The molecule has 0 unspecified atom stereocenters. The third-order valence-corrected chi connectivity index (χ3v) is 6.01. The minimum absolute atomic E-state index is 0.128. The molecule has 1 aliphatic rings. The van der Waals surface area contributed by atoms with Crippen LogP contribution in [-0.4, -0.2) is 25.8 Å². The Hall–Kier alpha value is -0.580. The third-order valence-electron chi connectivity index (χ3n) is 3.83. The molecule has 5 heteroatoms. The van der Waals surface area contributed by atoms with E-state index in [2.05, 4.69) is 0 Å². The first kappa shape index (κ1) is 14.8. The molecule has 0 N–H and O–H groups in total. The van der Waals surface area contributed by atoms with Gasteiger partial charge in [0.15, 0.2) is 0 Å². The van der Waals surface area contributed by atoms with E-state index in [1.165, 1.54) is 12.8 Å². The van der Waals surface area contributed by atoms with Crippen molar-refractivity contribution in [2.24, 2.45) is 0 Å². The molecule has 0 aliphatic heterocycles. The molecule has 0 heterocycles. The summed E-state index contributed by atoms with van der Waals surface area (Å²) in [6.45, 7) is 0. The molecule has 1 aliphatic carbocycles. The summed E-state index contributed by atoms with van der Waals surface area (Å²) in [6.07, 6.45) is 6.58. The van der Waals surface area contributed by atoms with Gasteiger partial charge in [-0.3, -0.25) is 0 Å². The van der Waals surface area contributed by atoms with E-state index in [-0.39, 0.29) is 6.04 Å². The Labute approximate surface area is 120 Å². The van der Waals surface area contributed by atoms with Crippen LogP contribution in [0.15, 0.2) is 29.2 Å². The molecule has 0 radical (unpaired) electrons. The van der Waals surface area contributed by atoms with Crippen LogP contribution in [0.25, 0.3) is 0 Å². The highest BCUT2D eigenvalue weighted by Gasteiger charge is 2.28. The highest BCUT2D eigenvalue weighted by atomic mass is 35.5. The predicted octanol–water partition coefficient (Wildman–Crippen LogP) is 3.68. The van der Waals surface area contributed by atoms with Gasteiger partial charge in [0.1, 0.15) is 0 Å². The Morgan fingerprint density at radius 3 is 2.11 bits per heavy atom. The molecule has 0 spiro atoms. The summed E-state index contributed by atoms with van der Waals surface area (Å²) in [5.74, 6) is 0. The van der Waals surface area contributed by atoms with E-state index in [4.69, 9.17) is 11.6 Å². The standard InChI is InChI=1S/C14H20ClNO2S/c1-16(13-6-4-2-3-5-7-13)19(17,18)14-10-8-12(15)9-11-14/h8-11,13H,2-7H2,1H3. The molecular weight excluding hydrogens is 282 g/mol. The van der Waals surface area contributed by atoms with Crippen molar-refractivity contribution in [3.63, 3.8) is 0 Å². The molecule has 0 amide bonds. The first-order chi connectivity index (χ1) is 9.01. The van der Waals surface area contributed by atoms with Gasteiger partial charge in [-0.05, 0) is 37.1 Å². The summed E-state index contributed by atoms with van der Waals surface area (Å²) in [5, 5.41) is 0.552. The molecule has 1 saturated carbocycles. The number of halogens is 1. The number of rotatable bonds is 3. The van der Waals surface area contributed by atoms with Crippen molar-refractivity contribution in [3.8, 4) is 0 Å². The van der Waals surface area contributed by atoms with E-state index < -0.39 is 10.0 Å². The predicted molar refractivity (Wildman–Crippen MR) is 77.9 cm³/mol. The Kier molecular flexibility index (Phi) is 4.87. The third kappa shape index (κ3) is 3.50. The van der Waals surface area contributed by atoms with Gasteiger partial charge in [-0.15, -0.1) is 0 Å². The molecule has 19 heavy (non-hydrogen) atoms. The zero-order chi connectivity index (χ0) is 13.9. The maximum absolute atomic E-state index is 12.5. The van der Waals surface area contributed by atoms with E-state index in [1.807, 2.05) is 0 Å². The van der Waals surface area contributed by atoms with Crippen LogP contribution in [0.3, 0.4) is 0 Å². The lowest BCUT2D eigenvalue weighted by molar-refractivity contribution is 0.335. The Balaban J connectivity index is 2.20. The summed E-state index contributed by atoms with van der Waals surface area (Å²) in [7, 11) is -1.70. The molecule has 0 atom stereocenters. The molecule has 0 bridgehead atoms. The van der Waals surface area contributed by atoms with Gasteiger partial charge in [0.05, 0.1) is 4.90 Å². The fourth-order valence-electron chi connectivity index (χ4n) is 2.59. The van der Waals surface area contributed by atoms with E-state index in [0.29, 0.717) is 9.92 Å². The number of hydrogen-bond acceptors (Lipinski definition) is 2. The number of sulfonamides is 1. The van der Waals surface area contributed by atoms with Gasteiger partial charge < -0.3 is 0 Å². The normalized spacial score (nSPS) is 18.5. The highest BCUT2D eigenvalue weighted by Crippen LogP contribution is 2.26. The first-order valence-electron chi connectivity index (χ1n) is 6.75. The van der Waals surface area contributed by atoms with Gasteiger partial charge in [-0.25, -0.2) is 8.42 Å². The van der Waals surface area contributed by atoms with Gasteiger partial charge in [-0.2, -0.15) is 4.31 Å². The summed E-state index contributed by atoms with van der Waals surface area (Å²) < 4.78 is 26.6. The molecule has 1 fully saturated rings. The second-order valence-corrected chi connectivity index (χ2v) is 7.55. The van der Waals surface area contributed by atoms with Crippen LogP contribution in [0, 0.1) is 0 Å². The van der Waals surface area contributed by atoms with Gasteiger partial charge in [-0.1, -0.05) is 37.3 Å². The van der Waals surface area contributed by atoms with Crippen molar-refractivity contribution in [3.05, 3.63) is 29.3 Å². The van der Waals surface area contributed by atoms with Crippen LogP contribution in [0.5, 0.6) is 0 Å². The Bertz CT molecular complexity index is 505. The summed E-state index contributed by atoms with van der Waals surface area (Å²) >= 11 is 5.80. The summed E-state index contributed by atoms with van der Waals surface area (Å²) in [4.78, 5) is 0.323. The molecule has 0 saturated heterocycles. The molecule has 2 rings (SSSR count). The maximum atomic E-state index is 12.5. The molecule has 106 valence electrons. The zero-order valence-corrected chi connectivity index (χ0v) is 12.8. The summed E-state index contributed by atoms with van der Waals surface area (Å²) in [6, 6.07) is 6.52. The monoisotopic (exact) mass is 301 g/mol. The average molecular weight is 302 g/mol. The minimum atomic E-state index is -3.40. The molecule has 3 nitrogen and oxygen atoms in total. The van der Waals surface area contributed by atoms with Crippen molar-refractivity contribution in [1.82, 2.24) is 4.31 Å². The Morgan fingerprint density at radius 1 is 1.05 bits per heavy atom. The number of nitrogens with zero attached hydrogens (tertiary/aromatic N) is 1. The SMILES string of the molecule is CN(C1CCCCCC1)S(=O)(=O)c1ccc(Cl)cc1. The van der Waals surface area contributed by atoms with Gasteiger partial charge >= 0.3 is 0 Å². The molecular formula is C14H20ClNO2S. The van der Waals surface area contributed by atoms with Crippen molar-refractivity contribution in [2.75, 3.05) is 7.05 Å². The van der Waals surface area contributed by atoms with Crippen molar-refractivity contribution < 1.29 is 8.42 Å². The van der Waals surface area contributed by atoms with Gasteiger partial charge in [0.2, 0.25) is 10.0 Å². The van der Waals surface area contributed by atoms with E-state index in [9.17, 15) is 8.42 Å². The average Bonchev–Trinajstić information content (AvgIpc) is 2.67. The van der Waals surface area contributed by atoms with E-state index >= 15 is 0 Å². The molecule has 0 aromatic heterocycles. The van der Waals surface area contributed by atoms with Crippen molar-refractivity contribution in [1.29, 1.82) is 0 Å². The van der Waals surface area contributed by atoms with E-state index in [0.717, 1.165) is 25.7 Å². The van der Waals surface area contributed by atoms with Crippen LogP contribution in [0.4, 0.5) is 0 Å².